The van der Waals surface area contributed by atoms with E-state index in [1.165, 1.54) is 0 Å². The minimum absolute atomic E-state index is 0.313. The van der Waals surface area contributed by atoms with Gasteiger partial charge in [0.15, 0.2) is 0 Å². The number of hydrogen-bond acceptors (Lipinski definition) is 2. The van der Waals surface area contributed by atoms with E-state index < -0.39 is 8.32 Å². The molecule has 3 heteroatoms. The van der Waals surface area contributed by atoms with Crippen molar-refractivity contribution in [2.45, 2.75) is 76.7 Å². The molecular formula is C12H27NOSi. The lowest BCUT2D eigenvalue weighted by Gasteiger charge is -2.42. The zero-order valence-corrected chi connectivity index (χ0v) is 12.1. The summed E-state index contributed by atoms with van der Waals surface area (Å²) in [6.07, 6.45) is 1.44. The summed E-state index contributed by atoms with van der Waals surface area (Å²) in [5.74, 6) is 0. The Bertz CT molecular complexity index is 194. The summed E-state index contributed by atoms with van der Waals surface area (Å²) in [4.78, 5) is 0. The Balaban J connectivity index is 2.81. The van der Waals surface area contributed by atoms with E-state index in [1.807, 2.05) is 0 Å². The van der Waals surface area contributed by atoms with E-state index in [0.29, 0.717) is 28.8 Å². The highest BCUT2D eigenvalue weighted by Crippen LogP contribution is 2.45. The lowest BCUT2D eigenvalue weighted by Crippen LogP contribution is -2.48. The summed E-state index contributed by atoms with van der Waals surface area (Å²) in [5.41, 5.74) is 7.89. The fraction of sp³-hybridized carbons (Fsp3) is 1.00. The zero-order chi connectivity index (χ0) is 11.8. The molecule has 0 unspecified atom stereocenters. The second-order valence-corrected chi connectivity index (χ2v) is 11.3. The Morgan fingerprint density at radius 1 is 1.00 bits per heavy atom. The van der Waals surface area contributed by atoms with E-state index in [9.17, 15) is 0 Å². The normalized spacial score (nSPS) is 26.8. The van der Waals surface area contributed by atoms with Gasteiger partial charge in [-0.05, 0) is 23.0 Å². The molecule has 0 aromatic carbocycles. The summed E-state index contributed by atoms with van der Waals surface area (Å²) in [7, 11) is -1.65. The molecule has 0 aromatic heterocycles. The van der Waals surface area contributed by atoms with E-state index in [0.717, 1.165) is 6.42 Å². The summed E-state index contributed by atoms with van der Waals surface area (Å²) < 4.78 is 6.46. The van der Waals surface area contributed by atoms with Gasteiger partial charge in [0.2, 0.25) is 8.32 Å². The van der Waals surface area contributed by atoms with Crippen molar-refractivity contribution in [1.82, 2.24) is 0 Å². The van der Waals surface area contributed by atoms with Crippen molar-refractivity contribution in [1.29, 1.82) is 0 Å². The van der Waals surface area contributed by atoms with Crippen LogP contribution in [-0.4, -0.2) is 20.5 Å². The Hall–Kier alpha value is 0.137. The van der Waals surface area contributed by atoms with Crippen molar-refractivity contribution in [3.8, 4) is 0 Å². The Morgan fingerprint density at radius 3 is 1.53 bits per heavy atom. The molecule has 0 aliphatic heterocycles. The van der Waals surface area contributed by atoms with Crippen LogP contribution in [0.25, 0.3) is 0 Å². The molecule has 1 aliphatic carbocycles. The van der Waals surface area contributed by atoms with Gasteiger partial charge < -0.3 is 10.2 Å². The molecule has 1 rings (SSSR count). The van der Waals surface area contributed by atoms with Crippen molar-refractivity contribution in [2.75, 3.05) is 0 Å². The van der Waals surface area contributed by atoms with Gasteiger partial charge in [-0.2, -0.15) is 0 Å². The maximum atomic E-state index is 6.46. The Labute approximate surface area is 95.7 Å². The average molecular weight is 229 g/mol. The van der Waals surface area contributed by atoms with Gasteiger partial charge in [-0.25, -0.2) is 0 Å². The number of rotatable bonds is 5. The molecule has 0 radical (unpaired) electrons. The van der Waals surface area contributed by atoms with E-state index in [4.69, 9.17) is 10.2 Å². The van der Waals surface area contributed by atoms with Gasteiger partial charge >= 0.3 is 0 Å². The predicted molar refractivity (Wildman–Crippen MR) is 68.5 cm³/mol. The monoisotopic (exact) mass is 229 g/mol. The zero-order valence-electron chi connectivity index (χ0n) is 11.1. The first-order valence-corrected chi connectivity index (χ1v) is 8.39. The minimum Gasteiger partial charge on any atom is -0.412 e. The van der Waals surface area contributed by atoms with Crippen molar-refractivity contribution in [2.24, 2.45) is 5.73 Å². The second-order valence-electron chi connectivity index (χ2n) is 5.87. The van der Waals surface area contributed by atoms with Crippen LogP contribution in [0.5, 0.6) is 0 Å². The summed E-state index contributed by atoms with van der Waals surface area (Å²) in [6.45, 7) is 13.9. The van der Waals surface area contributed by atoms with Gasteiger partial charge in [-0.3, -0.25) is 0 Å². The molecule has 0 amide bonds. The van der Waals surface area contributed by atoms with Crippen LogP contribution in [0.4, 0.5) is 0 Å². The van der Waals surface area contributed by atoms with Crippen LogP contribution < -0.4 is 5.73 Å². The first-order chi connectivity index (χ1) is 6.82. The van der Waals surface area contributed by atoms with E-state index in [2.05, 4.69) is 41.5 Å². The maximum absolute atomic E-state index is 6.46. The van der Waals surface area contributed by atoms with Crippen molar-refractivity contribution < 1.29 is 4.43 Å². The smallest absolute Gasteiger partial charge is 0.200 e. The highest BCUT2D eigenvalue weighted by molar-refractivity contribution is 6.77. The summed E-state index contributed by atoms with van der Waals surface area (Å²) in [6, 6.07) is 0.313. The maximum Gasteiger partial charge on any atom is 0.200 e. The molecule has 1 aliphatic rings. The molecule has 0 aromatic rings. The first-order valence-electron chi connectivity index (χ1n) is 6.25. The molecule has 0 saturated heterocycles. The number of nitrogens with two attached hydrogens (primary N) is 1. The van der Waals surface area contributed by atoms with E-state index in [-0.39, 0.29) is 0 Å². The molecular weight excluding hydrogens is 202 g/mol. The second kappa shape index (κ2) is 4.56. The van der Waals surface area contributed by atoms with Crippen molar-refractivity contribution in [3.63, 3.8) is 0 Å². The van der Waals surface area contributed by atoms with E-state index >= 15 is 0 Å². The van der Waals surface area contributed by atoms with Gasteiger partial charge in [0.1, 0.15) is 0 Å². The SMILES string of the molecule is CC(C)[Si](O[C@@H]1C[C@H]1N)(C(C)C)C(C)C. The predicted octanol–water partition coefficient (Wildman–Crippen LogP) is 3.28. The molecule has 1 fully saturated rings. The van der Waals surface area contributed by atoms with Crippen LogP contribution in [0.15, 0.2) is 0 Å². The molecule has 1 saturated carbocycles. The Morgan fingerprint density at radius 2 is 1.33 bits per heavy atom. The third-order valence-electron chi connectivity index (χ3n) is 3.84. The minimum atomic E-state index is -1.65. The fourth-order valence-corrected chi connectivity index (χ4v) is 8.61. The van der Waals surface area contributed by atoms with Crippen LogP contribution in [0.3, 0.4) is 0 Å². The largest absolute Gasteiger partial charge is 0.412 e. The van der Waals surface area contributed by atoms with Gasteiger partial charge in [-0.15, -0.1) is 0 Å². The summed E-state index contributed by atoms with van der Waals surface area (Å²) in [5, 5.41) is 0. The van der Waals surface area contributed by atoms with Gasteiger partial charge in [0, 0.05) is 6.04 Å². The molecule has 2 atom stereocenters. The van der Waals surface area contributed by atoms with Crippen LogP contribution >= 0.6 is 0 Å². The third kappa shape index (κ3) is 2.45. The highest BCUT2D eigenvalue weighted by atomic mass is 28.4. The molecule has 0 bridgehead atoms. The van der Waals surface area contributed by atoms with Crippen molar-refractivity contribution >= 4 is 8.32 Å². The van der Waals surface area contributed by atoms with E-state index in [1.54, 1.807) is 0 Å². The van der Waals surface area contributed by atoms with Crippen LogP contribution in [0.2, 0.25) is 16.6 Å². The highest BCUT2D eigenvalue weighted by Gasteiger charge is 2.50. The van der Waals surface area contributed by atoms with Crippen LogP contribution in [0.1, 0.15) is 48.0 Å². The Kier molecular flexibility index (Phi) is 4.01. The van der Waals surface area contributed by atoms with Crippen LogP contribution in [0, 0.1) is 0 Å². The molecule has 90 valence electrons. The fourth-order valence-electron chi connectivity index (χ4n) is 3.00. The average Bonchev–Trinajstić information content (AvgIpc) is 2.75. The number of hydrogen-bond donors (Lipinski definition) is 1. The standard InChI is InChI=1S/C12H27NOSi/c1-8(2)15(9(3)4,10(5)6)14-12-7-11(12)13/h8-12H,7,13H2,1-6H3/t11-,12-/m1/s1. The topological polar surface area (TPSA) is 35.2 Å². The third-order valence-corrected chi connectivity index (χ3v) is 9.97. The van der Waals surface area contributed by atoms with Crippen molar-refractivity contribution in [3.05, 3.63) is 0 Å². The summed E-state index contributed by atoms with van der Waals surface area (Å²) >= 11 is 0. The van der Waals surface area contributed by atoms with Gasteiger partial charge in [-0.1, -0.05) is 41.5 Å². The lowest BCUT2D eigenvalue weighted by atomic mass is 10.5. The molecule has 0 heterocycles. The van der Waals surface area contributed by atoms with Crippen LogP contribution in [-0.2, 0) is 4.43 Å². The van der Waals surface area contributed by atoms with Gasteiger partial charge in [0.25, 0.3) is 0 Å². The molecule has 2 N–H and O–H groups in total. The molecule has 15 heavy (non-hydrogen) atoms. The molecule has 2 nitrogen and oxygen atoms in total. The lowest BCUT2D eigenvalue weighted by molar-refractivity contribution is 0.257. The first kappa shape index (κ1) is 13.2. The van der Waals surface area contributed by atoms with Gasteiger partial charge in [0.05, 0.1) is 6.10 Å². The molecule has 0 spiro atoms. The quantitative estimate of drug-likeness (QED) is 0.734.